The third-order valence-corrected chi connectivity index (χ3v) is 7.46. The van der Waals surface area contributed by atoms with Gasteiger partial charge in [0.15, 0.2) is 5.13 Å². The Morgan fingerprint density at radius 1 is 1.11 bits per heavy atom. The molecule has 1 amide bonds. The summed E-state index contributed by atoms with van der Waals surface area (Å²) in [7, 11) is 1.26. The van der Waals surface area contributed by atoms with Crippen molar-refractivity contribution < 1.29 is 29.0 Å². The first kappa shape index (κ1) is 27.1. The Labute approximate surface area is 225 Å². The Kier molecular flexibility index (Phi) is 8.26. The molecule has 3 aromatic rings. The lowest BCUT2D eigenvalue weighted by molar-refractivity contribution is -0.132. The molecule has 4 rings (SSSR count). The maximum Gasteiger partial charge on any atom is 0.350 e. The molecule has 1 aliphatic heterocycles. The number of amides is 1. The third kappa shape index (κ3) is 5.33. The van der Waals surface area contributed by atoms with Crippen LogP contribution >= 0.6 is 11.3 Å². The van der Waals surface area contributed by atoms with Crippen molar-refractivity contribution >= 4 is 39.9 Å². The largest absolute Gasteiger partial charge is 0.507 e. The van der Waals surface area contributed by atoms with Crippen LogP contribution in [0, 0.1) is 13.8 Å². The molecule has 2 aromatic carbocycles. The summed E-state index contributed by atoms with van der Waals surface area (Å²) in [6.07, 6.45) is 3.02. The molecule has 198 valence electrons. The van der Waals surface area contributed by atoms with Gasteiger partial charge in [-0.25, -0.2) is 9.78 Å². The third-order valence-electron chi connectivity index (χ3n) is 6.32. The number of aliphatic hydroxyl groups excluding tert-OH is 1. The highest BCUT2D eigenvalue weighted by atomic mass is 32.1. The fourth-order valence-corrected chi connectivity index (χ4v) is 5.31. The lowest BCUT2D eigenvalue weighted by Crippen LogP contribution is -2.29. The molecule has 9 heteroatoms. The number of ether oxygens (including phenoxy) is 2. The van der Waals surface area contributed by atoms with Crippen molar-refractivity contribution in [3.63, 3.8) is 0 Å². The van der Waals surface area contributed by atoms with Crippen LogP contribution in [0.15, 0.2) is 54.1 Å². The summed E-state index contributed by atoms with van der Waals surface area (Å²) in [4.78, 5) is 45.0. The highest BCUT2D eigenvalue weighted by molar-refractivity contribution is 7.17. The minimum Gasteiger partial charge on any atom is -0.507 e. The van der Waals surface area contributed by atoms with Gasteiger partial charge in [-0.05, 0) is 38.0 Å². The summed E-state index contributed by atoms with van der Waals surface area (Å²) in [5, 5.41) is 11.5. The Morgan fingerprint density at radius 3 is 2.53 bits per heavy atom. The van der Waals surface area contributed by atoms with Crippen LogP contribution in [0.1, 0.15) is 64.3 Å². The Balaban J connectivity index is 1.85. The number of thiazole rings is 1. The maximum atomic E-state index is 13.4. The van der Waals surface area contributed by atoms with E-state index in [4.69, 9.17) is 9.47 Å². The summed E-state index contributed by atoms with van der Waals surface area (Å²) in [6.45, 7) is 6.20. The number of esters is 1. The molecule has 1 fully saturated rings. The van der Waals surface area contributed by atoms with Crippen LogP contribution in [0.5, 0.6) is 5.75 Å². The summed E-state index contributed by atoms with van der Waals surface area (Å²) < 4.78 is 10.8. The second kappa shape index (κ2) is 11.6. The predicted molar refractivity (Wildman–Crippen MR) is 146 cm³/mol. The van der Waals surface area contributed by atoms with Crippen LogP contribution in [0.4, 0.5) is 5.13 Å². The van der Waals surface area contributed by atoms with E-state index in [-0.39, 0.29) is 21.3 Å². The van der Waals surface area contributed by atoms with Gasteiger partial charge in [0.2, 0.25) is 0 Å². The first-order chi connectivity index (χ1) is 18.3. The zero-order chi connectivity index (χ0) is 27.4. The molecule has 0 saturated carbocycles. The van der Waals surface area contributed by atoms with Gasteiger partial charge in [0.25, 0.3) is 5.78 Å². The van der Waals surface area contributed by atoms with E-state index < -0.39 is 23.7 Å². The number of hydrogen-bond donors (Lipinski definition) is 1. The van der Waals surface area contributed by atoms with Gasteiger partial charge in [-0.3, -0.25) is 14.5 Å². The molecular formula is C29H30N2O6S. The Morgan fingerprint density at radius 2 is 1.84 bits per heavy atom. The predicted octanol–water partition coefficient (Wildman–Crippen LogP) is 5.74. The number of anilines is 1. The van der Waals surface area contributed by atoms with E-state index in [1.807, 2.05) is 25.1 Å². The van der Waals surface area contributed by atoms with Gasteiger partial charge in [-0.1, -0.05) is 73.1 Å². The van der Waals surface area contributed by atoms with Crippen molar-refractivity contribution in [2.75, 3.05) is 18.6 Å². The Bertz CT molecular complexity index is 1390. The van der Waals surface area contributed by atoms with Crippen molar-refractivity contribution in [2.24, 2.45) is 0 Å². The van der Waals surface area contributed by atoms with Gasteiger partial charge in [0.05, 0.1) is 31.0 Å². The lowest BCUT2D eigenvalue weighted by atomic mass is 9.95. The van der Waals surface area contributed by atoms with Crippen LogP contribution in [0.2, 0.25) is 0 Å². The number of hydrogen-bond acceptors (Lipinski definition) is 8. The van der Waals surface area contributed by atoms with Crippen LogP contribution in [-0.2, 0) is 14.3 Å². The SMILES string of the molecule is CCCCCOc1cccc(C2C(=C(O)c3ccc(C)cc3)C(=O)C(=O)N2c2nc(C)c(C(=O)OC)s2)c1. The summed E-state index contributed by atoms with van der Waals surface area (Å²) in [5.74, 6) is -1.96. The van der Waals surface area contributed by atoms with Crippen LogP contribution in [0.3, 0.4) is 0 Å². The molecule has 0 bridgehead atoms. The summed E-state index contributed by atoms with van der Waals surface area (Å²) in [5.41, 5.74) is 2.29. The van der Waals surface area contributed by atoms with E-state index in [9.17, 15) is 19.5 Å². The number of carbonyl (C=O) groups is 3. The number of ketones is 1. The van der Waals surface area contributed by atoms with E-state index in [2.05, 4.69) is 11.9 Å². The molecule has 1 atom stereocenters. The molecule has 1 N–H and O–H groups in total. The second-order valence-electron chi connectivity index (χ2n) is 9.07. The number of aromatic nitrogens is 1. The smallest absolute Gasteiger partial charge is 0.350 e. The highest BCUT2D eigenvalue weighted by Gasteiger charge is 2.48. The van der Waals surface area contributed by atoms with Crippen LogP contribution < -0.4 is 9.64 Å². The zero-order valence-electron chi connectivity index (χ0n) is 21.8. The van der Waals surface area contributed by atoms with Crippen molar-refractivity contribution in [1.29, 1.82) is 0 Å². The van der Waals surface area contributed by atoms with Gasteiger partial charge in [0.1, 0.15) is 16.4 Å². The second-order valence-corrected chi connectivity index (χ2v) is 10.0. The average molecular weight is 535 g/mol. The number of Topliss-reactive ketones (excluding diaryl/α,β-unsaturated/α-hetero) is 1. The molecule has 0 radical (unpaired) electrons. The average Bonchev–Trinajstić information content (AvgIpc) is 3.43. The molecule has 0 spiro atoms. The topological polar surface area (TPSA) is 106 Å². The molecule has 2 heterocycles. The number of benzene rings is 2. The minimum atomic E-state index is -0.980. The number of rotatable bonds is 9. The van der Waals surface area contributed by atoms with Crippen LogP contribution in [-0.4, -0.2) is 41.5 Å². The van der Waals surface area contributed by atoms with Crippen molar-refractivity contribution in [3.8, 4) is 5.75 Å². The quantitative estimate of drug-likeness (QED) is 0.123. The maximum absolute atomic E-state index is 13.4. The molecule has 38 heavy (non-hydrogen) atoms. The fourth-order valence-electron chi connectivity index (χ4n) is 4.30. The number of carbonyl (C=O) groups excluding carboxylic acids is 3. The van der Waals surface area contributed by atoms with E-state index in [1.165, 1.54) is 12.0 Å². The highest BCUT2D eigenvalue weighted by Crippen LogP contribution is 2.44. The lowest BCUT2D eigenvalue weighted by Gasteiger charge is -2.23. The monoisotopic (exact) mass is 534 g/mol. The standard InChI is InChI=1S/C29H30N2O6S/c1-5-6-7-15-37-21-10-8-9-20(16-21)23-22(24(32)19-13-11-17(2)12-14-19)25(33)27(34)31(23)29-30-18(3)26(38-29)28(35)36-4/h8-14,16,23,32H,5-7,15H2,1-4H3. The minimum absolute atomic E-state index is 0.0607. The Hall–Kier alpha value is -3.98. The zero-order valence-corrected chi connectivity index (χ0v) is 22.6. The van der Waals surface area contributed by atoms with E-state index in [0.29, 0.717) is 29.2 Å². The summed E-state index contributed by atoms with van der Waals surface area (Å²) in [6, 6.07) is 13.2. The molecule has 0 aliphatic carbocycles. The fraction of sp³-hybridized carbons (Fsp3) is 0.310. The number of aryl methyl sites for hydroxylation is 2. The van der Waals surface area contributed by atoms with Gasteiger partial charge < -0.3 is 14.6 Å². The van der Waals surface area contributed by atoms with Gasteiger partial charge >= 0.3 is 11.9 Å². The molecule has 1 aliphatic rings. The summed E-state index contributed by atoms with van der Waals surface area (Å²) >= 11 is 0.960. The molecule has 1 unspecified atom stereocenters. The molecule has 1 aromatic heterocycles. The molecule has 8 nitrogen and oxygen atoms in total. The van der Waals surface area contributed by atoms with Gasteiger partial charge in [-0.15, -0.1) is 0 Å². The number of aliphatic hydroxyl groups is 1. The molecule has 1 saturated heterocycles. The normalized spacial score (nSPS) is 16.6. The van der Waals surface area contributed by atoms with Gasteiger partial charge in [-0.2, -0.15) is 0 Å². The van der Waals surface area contributed by atoms with E-state index in [0.717, 1.165) is 36.2 Å². The number of methoxy groups -OCH3 is 1. The van der Waals surface area contributed by atoms with Gasteiger partial charge in [0, 0.05) is 5.56 Å². The van der Waals surface area contributed by atoms with Crippen molar-refractivity contribution in [3.05, 3.63) is 81.4 Å². The van der Waals surface area contributed by atoms with E-state index in [1.54, 1.807) is 37.3 Å². The van der Waals surface area contributed by atoms with Crippen molar-refractivity contribution in [2.45, 2.75) is 46.1 Å². The number of nitrogens with zero attached hydrogens (tertiary/aromatic N) is 2. The first-order valence-corrected chi connectivity index (χ1v) is 13.2. The van der Waals surface area contributed by atoms with Crippen molar-refractivity contribution in [1.82, 2.24) is 4.98 Å². The molecular weight excluding hydrogens is 504 g/mol. The van der Waals surface area contributed by atoms with Crippen LogP contribution in [0.25, 0.3) is 5.76 Å². The van der Waals surface area contributed by atoms with E-state index >= 15 is 0 Å². The first-order valence-electron chi connectivity index (χ1n) is 12.4. The number of unbranched alkanes of at least 4 members (excludes halogenated alkanes) is 2.